The number of carbonyl (C=O) groups excluding carboxylic acids is 6. The second-order valence-corrected chi connectivity index (χ2v) is 31.3. The molecule has 2 unspecified atom stereocenters. The van der Waals surface area contributed by atoms with Crippen LogP contribution in [0.4, 0.5) is 62.9 Å². The van der Waals surface area contributed by atoms with Crippen molar-refractivity contribution in [1.82, 2.24) is 47.6 Å². The maximum Gasteiger partial charge on any atom is 0.424 e. The zero-order chi connectivity index (χ0) is 81.8. The van der Waals surface area contributed by atoms with Gasteiger partial charge in [0, 0.05) is 72.6 Å². The normalized spacial score (nSPS) is 13.7. The van der Waals surface area contributed by atoms with Crippen LogP contribution < -0.4 is 31.9 Å². The summed E-state index contributed by atoms with van der Waals surface area (Å²) >= 11 is 6.72. The van der Waals surface area contributed by atoms with Gasteiger partial charge in [-0.3, -0.25) is 17.6 Å². The van der Waals surface area contributed by atoms with Gasteiger partial charge in [0.05, 0.1) is 48.2 Å². The van der Waals surface area contributed by atoms with E-state index in [9.17, 15) is 28.8 Å². The van der Waals surface area contributed by atoms with Crippen molar-refractivity contribution in [3.8, 4) is 23.7 Å². The molecule has 0 spiro atoms. The number of aromatic nitrogens is 8. The number of imide groups is 2. The minimum Gasteiger partial charge on any atom is -0.443 e. The molecule has 12 aromatic rings. The number of urea groups is 2. The second-order valence-electron chi connectivity index (χ2n) is 29.7. The highest BCUT2D eigenvalue weighted by atomic mass is 79.9. The zero-order valence-electron chi connectivity index (χ0n) is 64.6. The molecule has 28 nitrogen and oxygen atoms in total. The number of benzene rings is 4. The Hall–Kier alpha value is -13.3. The van der Waals surface area contributed by atoms with Crippen LogP contribution in [0.15, 0.2) is 227 Å². The van der Waals surface area contributed by atoms with Crippen LogP contribution in [0.25, 0.3) is 22.6 Å². The summed E-state index contributed by atoms with van der Waals surface area (Å²) in [7, 11) is 0. The smallest absolute Gasteiger partial charge is 0.424 e. The van der Waals surface area contributed by atoms with Gasteiger partial charge in [0.1, 0.15) is 54.4 Å². The Morgan fingerprint density at radius 2 is 0.746 bits per heavy atom. The van der Waals surface area contributed by atoms with Crippen molar-refractivity contribution in [2.45, 2.75) is 130 Å². The van der Waals surface area contributed by atoms with Gasteiger partial charge in [0.25, 0.3) is 0 Å². The molecule has 14 rings (SSSR count). The Balaban J connectivity index is 0.000000164. The lowest BCUT2D eigenvalue weighted by Crippen LogP contribution is -2.44. The largest absolute Gasteiger partial charge is 0.443 e. The average molecular weight is 1670 g/mol. The Kier molecular flexibility index (Phi) is 25.0. The third kappa shape index (κ3) is 20.8. The van der Waals surface area contributed by atoms with E-state index in [0.717, 1.165) is 42.4 Å². The summed E-state index contributed by atoms with van der Waals surface area (Å²) in [6.07, 6.45) is 15.2. The quantitative estimate of drug-likeness (QED) is 0.0888. The number of anilines is 6. The van der Waals surface area contributed by atoms with Gasteiger partial charge in [-0.15, -0.1) is 0 Å². The molecule has 30 heteroatoms. The molecule has 0 saturated carbocycles. The van der Waals surface area contributed by atoms with Crippen LogP contribution in [0.1, 0.15) is 142 Å². The van der Waals surface area contributed by atoms with E-state index in [1.807, 2.05) is 130 Å². The molecule has 0 fully saturated rings. The number of nitrogen functional groups attached to an aromatic ring is 2. The Bertz CT molecular complexity index is 5690. The van der Waals surface area contributed by atoms with Crippen molar-refractivity contribution in [2.75, 3.05) is 31.9 Å². The molecule has 0 bridgehead atoms. The zero-order valence-corrected chi connectivity index (χ0v) is 67.8. The van der Waals surface area contributed by atoms with Crippen LogP contribution in [-0.4, -0.2) is 119 Å². The van der Waals surface area contributed by atoms with Crippen molar-refractivity contribution in [1.29, 1.82) is 0 Å². The minimum absolute atomic E-state index is 0.109. The highest BCUT2D eigenvalue weighted by Gasteiger charge is 2.37. The minimum atomic E-state index is -0.890. The van der Waals surface area contributed by atoms with Crippen molar-refractivity contribution in [3.05, 3.63) is 250 Å². The van der Waals surface area contributed by atoms with E-state index in [0.29, 0.717) is 68.4 Å². The first-order valence-electron chi connectivity index (χ1n) is 35.9. The van der Waals surface area contributed by atoms with Gasteiger partial charge in [-0.25, -0.2) is 58.7 Å². The summed E-state index contributed by atoms with van der Waals surface area (Å²) in [6, 6.07) is 47.3. The molecule has 0 aliphatic carbocycles. The van der Waals surface area contributed by atoms with Crippen molar-refractivity contribution in [3.63, 3.8) is 0 Å². The highest BCUT2D eigenvalue weighted by Crippen LogP contribution is 2.33. The molecule has 10 heterocycles. The van der Waals surface area contributed by atoms with Crippen LogP contribution in [0.3, 0.4) is 0 Å². The number of fused-ring (bicyclic) bond motifs is 4. The summed E-state index contributed by atoms with van der Waals surface area (Å²) in [4.78, 5) is 96.7. The van der Waals surface area contributed by atoms with Gasteiger partial charge in [-0.1, -0.05) is 84.6 Å². The fourth-order valence-corrected chi connectivity index (χ4v) is 12.2. The Morgan fingerprint density at radius 1 is 0.412 bits per heavy atom. The maximum absolute atomic E-state index is 13.2. The van der Waals surface area contributed by atoms with Crippen LogP contribution in [0.2, 0.25) is 0 Å². The van der Waals surface area contributed by atoms with E-state index in [-0.39, 0.29) is 35.5 Å². The van der Waals surface area contributed by atoms with Gasteiger partial charge in [0.2, 0.25) is 0 Å². The summed E-state index contributed by atoms with van der Waals surface area (Å²) < 4.78 is 30.5. The molecular formula is C84H84Br2N18O10. The third-order valence-corrected chi connectivity index (χ3v) is 17.4. The number of halogens is 2. The van der Waals surface area contributed by atoms with Crippen molar-refractivity contribution in [2.24, 2.45) is 10.2 Å². The number of hydrazone groups is 2. The van der Waals surface area contributed by atoms with Crippen LogP contribution >= 0.6 is 31.9 Å². The average Bonchev–Trinajstić information content (AvgIpc) is 1.53. The molecule has 0 radical (unpaired) electrons. The number of carbonyl (C=O) groups is 6. The number of imidazole rings is 4. The number of amides is 8. The lowest BCUT2D eigenvalue weighted by atomic mass is 10.1. The number of rotatable bonds is 6. The summed E-state index contributed by atoms with van der Waals surface area (Å²) in [5.74, 6) is 12.5. The molecule has 114 heavy (non-hydrogen) atoms. The molecule has 8 amide bonds. The summed E-state index contributed by atoms with van der Waals surface area (Å²) in [5.41, 5.74) is 18.3. The number of hydrogen-bond acceptors (Lipinski definition) is 18. The van der Waals surface area contributed by atoms with Gasteiger partial charge >= 0.3 is 36.4 Å². The maximum atomic E-state index is 13.2. The van der Waals surface area contributed by atoms with Gasteiger partial charge in [-0.05, 0) is 223 Å². The number of nitrogens with one attached hydrogen (secondary N) is 2. The van der Waals surface area contributed by atoms with E-state index in [4.69, 9.17) is 30.4 Å². The fraction of sp³-hybridized carbons (Fsp3) is 0.238. The first kappa shape index (κ1) is 81.7. The second kappa shape index (κ2) is 34.9. The predicted octanol–water partition coefficient (Wildman–Crippen LogP) is 18.1. The first-order chi connectivity index (χ1) is 54.2. The van der Waals surface area contributed by atoms with Gasteiger partial charge < -0.3 is 41.0 Å². The lowest BCUT2D eigenvalue weighted by Gasteiger charge is -2.28. The fourth-order valence-electron chi connectivity index (χ4n) is 11.4. The molecule has 6 N–H and O–H groups in total. The van der Waals surface area contributed by atoms with E-state index in [1.54, 1.807) is 190 Å². The Labute approximate surface area is 675 Å². The molecule has 8 aromatic heterocycles. The standard InChI is InChI=1S/C35H36N6O5.C25H20N6O.C17H22BrN3O4.C7H6BrN3/c1-34(2,3)45-32(43)40(33(44)46-35(4,5)6)29-16-11-21-39-27(23-36-30(29)39)18-17-24-12-10-15-26(22-24)38-31(42)41-28(19-20-37-41)25-13-8-7-9-14-25;26-22-10-5-15-30-21(17-27-24(22)30)12-11-18-6-4-9-20(16-18)29-25(32)31-23(13-14-28-31)19-7-2-1-3-8-19;1-16(2,3)24-14(22)21(15(23)25-17(4,5)6)11-8-7-9-20-12(18)10-19-13(11)20;8-6-4-10-7-5(9)2-1-3-11(6)7/h7-16,20-23,28H,19H2,1-6H3,(H,38,42);1-10,14-17,23H,13,26H2,(H,29,32);7-10H,1-6H3;1-4H,9H2. The molecule has 2 aliphatic rings. The third-order valence-electron chi connectivity index (χ3n) is 16.2. The number of pyridine rings is 4. The monoisotopic (exact) mass is 1660 g/mol. The van der Waals surface area contributed by atoms with Gasteiger partial charge in [0.15, 0.2) is 22.6 Å². The number of nitrogens with two attached hydrogens (primary N) is 2. The van der Waals surface area contributed by atoms with E-state index in [2.05, 4.69) is 96.3 Å². The van der Waals surface area contributed by atoms with Crippen molar-refractivity contribution >= 4 is 137 Å². The predicted molar refractivity (Wildman–Crippen MR) is 446 cm³/mol. The molecule has 0 saturated heterocycles. The number of ether oxygens (including phenoxy) is 4. The Morgan fingerprint density at radius 3 is 1.14 bits per heavy atom. The highest BCUT2D eigenvalue weighted by molar-refractivity contribution is 9.10. The number of nitrogens with zero attached hydrogens (tertiary/aromatic N) is 14. The molecular weight excluding hydrogens is 1580 g/mol. The van der Waals surface area contributed by atoms with Crippen molar-refractivity contribution < 1.29 is 47.7 Å². The SMILES string of the molecule is CC(C)(C)OC(=O)N(C(=O)OC(C)(C)C)c1cccn2c(Br)cnc12.CC(C)(C)OC(=O)N(C(=O)OC(C)(C)C)c1cccn2c(C#Cc3cccc(NC(=O)N4N=CCC4c4ccccc4)c3)cnc12.Nc1cccn2c(Br)cnc12.Nc1cccn2c(C#Cc3cccc(NC(=O)N4N=CCC4c4ccccc4)c3)cnc12. The van der Waals surface area contributed by atoms with E-state index in [1.165, 1.54) is 10.0 Å². The summed E-state index contributed by atoms with van der Waals surface area (Å²) in [5, 5.41) is 17.3. The van der Waals surface area contributed by atoms with Crippen LogP contribution in [0.5, 0.6) is 0 Å². The molecule has 2 atom stereocenters. The van der Waals surface area contributed by atoms with Crippen LogP contribution in [-0.2, 0) is 18.9 Å². The summed E-state index contributed by atoms with van der Waals surface area (Å²) in [6.45, 7) is 20.6. The lowest BCUT2D eigenvalue weighted by molar-refractivity contribution is 0.0409. The van der Waals surface area contributed by atoms with Crippen LogP contribution in [0, 0.1) is 23.7 Å². The number of hydrogen-bond donors (Lipinski definition) is 4. The van der Waals surface area contributed by atoms with Gasteiger partial charge in [-0.2, -0.15) is 20.0 Å². The van der Waals surface area contributed by atoms with E-state index < -0.39 is 46.8 Å². The molecule has 2 aliphatic heterocycles. The molecule has 584 valence electrons. The molecule has 4 aromatic carbocycles. The first-order valence-corrected chi connectivity index (χ1v) is 37.5. The topological polar surface area (TPSA) is 322 Å². The van der Waals surface area contributed by atoms with E-state index >= 15 is 0 Å².